The average molecular weight is 483 g/mol. The predicted molar refractivity (Wildman–Crippen MR) is 125 cm³/mol. The number of piperazine rings is 1. The molecule has 0 aromatic carbocycles. The summed E-state index contributed by atoms with van der Waals surface area (Å²) < 4.78 is 37.3. The third-order valence-electron chi connectivity index (χ3n) is 6.18. The van der Waals surface area contributed by atoms with Crippen molar-refractivity contribution in [1.82, 2.24) is 19.2 Å². The highest BCUT2D eigenvalue weighted by atomic mass is 32.2. The fourth-order valence-electron chi connectivity index (χ4n) is 4.36. The lowest BCUT2D eigenvalue weighted by molar-refractivity contribution is 0.121. The van der Waals surface area contributed by atoms with Crippen molar-refractivity contribution >= 4 is 43.3 Å². The van der Waals surface area contributed by atoms with Crippen molar-refractivity contribution in [2.45, 2.75) is 6.54 Å². The Balaban J connectivity index is 1.40. The van der Waals surface area contributed by atoms with Gasteiger partial charge in [0.1, 0.15) is 0 Å². The van der Waals surface area contributed by atoms with E-state index in [4.69, 9.17) is 19.4 Å². The number of morpholine rings is 2. The first kappa shape index (κ1) is 22.2. The molecule has 0 radical (unpaired) electrons. The molecule has 32 heavy (non-hydrogen) atoms. The van der Waals surface area contributed by atoms with Crippen molar-refractivity contribution in [1.29, 1.82) is 0 Å². The minimum absolute atomic E-state index is 0.545. The molecule has 0 spiro atoms. The number of aromatic nitrogens is 2. The minimum atomic E-state index is -3.11. The van der Waals surface area contributed by atoms with Crippen LogP contribution in [0.15, 0.2) is 6.07 Å². The highest BCUT2D eigenvalue weighted by Gasteiger charge is 2.25. The van der Waals surface area contributed by atoms with E-state index < -0.39 is 10.0 Å². The number of thiophene rings is 1. The van der Waals surface area contributed by atoms with Gasteiger partial charge in [-0.3, -0.25) is 4.90 Å². The van der Waals surface area contributed by atoms with E-state index in [-0.39, 0.29) is 0 Å². The lowest BCUT2D eigenvalue weighted by atomic mass is 10.3. The summed E-state index contributed by atoms with van der Waals surface area (Å²) in [5.41, 5.74) is 0.984. The molecule has 5 heterocycles. The molecule has 3 saturated heterocycles. The van der Waals surface area contributed by atoms with Crippen LogP contribution in [0.4, 0.5) is 11.8 Å². The van der Waals surface area contributed by atoms with Crippen LogP contribution in [0.5, 0.6) is 0 Å². The van der Waals surface area contributed by atoms with Crippen molar-refractivity contribution < 1.29 is 17.9 Å². The second kappa shape index (κ2) is 9.35. The summed E-state index contributed by atoms with van der Waals surface area (Å²) in [5.74, 6) is 1.77. The van der Waals surface area contributed by atoms with Crippen LogP contribution in [0.2, 0.25) is 0 Å². The molecule has 10 nitrogen and oxygen atoms in total. The van der Waals surface area contributed by atoms with Gasteiger partial charge in [0.05, 0.1) is 42.9 Å². The second-order valence-electron chi connectivity index (χ2n) is 8.41. The van der Waals surface area contributed by atoms with Crippen molar-refractivity contribution in [2.24, 2.45) is 0 Å². The summed E-state index contributed by atoms with van der Waals surface area (Å²) in [7, 11) is -3.11. The maximum Gasteiger partial charge on any atom is 0.228 e. The third-order valence-corrected chi connectivity index (χ3v) is 8.59. The SMILES string of the molecule is CS(=O)(=O)N1CCN(Cc2cc3nc(N4CCOCC4)nc(N4CCOCC4)c3s2)CC1. The Labute approximate surface area is 192 Å². The summed E-state index contributed by atoms with van der Waals surface area (Å²) >= 11 is 1.75. The van der Waals surface area contributed by atoms with E-state index in [2.05, 4.69) is 20.8 Å². The van der Waals surface area contributed by atoms with Gasteiger partial charge in [-0.1, -0.05) is 0 Å². The van der Waals surface area contributed by atoms with E-state index in [1.54, 1.807) is 15.6 Å². The molecule has 0 atom stereocenters. The molecule has 0 N–H and O–H groups in total. The van der Waals surface area contributed by atoms with E-state index in [1.165, 1.54) is 11.1 Å². The monoisotopic (exact) mass is 482 g/mol. The van der Waals surface area contributed by atoms with Crippen LogP contribution in [0, 0.1) is 0 Å². The summed E-state index contributed by atoms with van der Waals surface area (Å²) in [6.45, 7) is 9.44. The summed E-state index contributed by atoms with van der Waals surface area (Å²) in [6, 6.07) is 2.18. The fraction of sp³-hybridized carbons (Fsp3) is 0.700. The molecule has 0 unspecified atom stereocenters. The number of anilines is 2. The van der Waals surface area contributed by atoms with Gasteiger partial charge in [-0.05, 0) is 6.07 Å². The number of hydrogen-bond donors (Lipinski definition) is 0. The van der Waals surface area contributed by atoms with E-state index in [0.29, 0.717) is 39.5 Å². The number of ether oxygens (including phenoxy) is 2. The van der Waals surface area contributed by atoms with Crippen LogP contribution >= 0.6 is 11.3 Å². The maximum absolute atomic E-state index is 11.8. The summed E-state index contributed by atoms with van der Waals surface area (Å²) in [4.78, 5) is 18.0. The van der Waals surface area contributed by atoms with Crippen LogP contribution in [0.25, 0.3) is 10.2 Å². The Hall–Kier alpha value is -1.57. The van der Waals surface area contributed by atoms with Gasteiger partial charge in [0.15, 0.2) is 5.82 Å². The highest BCUT2D eigenvalue weighted by molar-refractivity contribution is 7.88. The molecule has 0 bridgehead atoms. The standard InChI is InChI=1S/C20H30N6O4S2/c1-32(27,28)26-4-2-23(3-5-26)15-16-14-17-18(31-16)19(24-6-10-29-11-7-24)22-20(21-17)25-8-12-30-13-9-25/h14H,2-13,15H2,1H3. The molecule has 0 amide bonds. The Morgan fingerprint density at radius 2 is 1.53 bits per heavy atom. The van der Waals surface area contributed by atoms with Gasteiger partial charge >= 0.3 is 0 Å². The Morgan fingerprint density at radius 3 is 2.16 bits per heavy atom. The van der Waals surface area contributed by atoms with Crippen LogP contribution in [0.1, 0.15) is 4.88 Å². The number of hydrogen-bond acceptors (Lipinski definition) is 10. The number of nitrogens with zero attached hydrogens (tertiary/aromatic N) is 6. The molecule has 3 aliphatic rings. The fourth-order valence-corrected chi connectivity index (χ4v) is 6.35. The molecule has 3 fully saturated rings. The van der Waals surface area contributed by atoms with E-state index in [0.717, 1.165) is 67.8 Å². The quantitative estimate of drug-likeness (QED) is 0.602. The number of fused-ring (bicyclic) bond motifs is 1. The molecular formula is C20H30N6O4S2. The Kier molecular flexibility index (Phi) is 6.50. The molecule has 0 saturated carbocycles. The first-order chi connectivity index (χ1) is 15.5. The summed E-state index contributed by atoms with van der Waals surface area (Å²) in [6.07, 6.45) is 1.28. The zero-order valence-electron chi connectivity index (χ0n) is 18.4. The molecule has 176 valence electrons. The number of rotatable bonds is 5. The molecule has 2 aromatic rings. The topological polar surface area (TPSA) is 91.3 Å². The molecule has 3 aliphatic heterocycles. The van der Waals surface area contributed by atoms with Crippen molar-refractivity contribution in [3.8, 4) is 0 Å². The van der Waals surface area contributed by atoms with Crippen molar-refractivity contribution in [2.75, 3.05) is 94.8 Å². The van der Waals surface area contributed by atoms with Crippen LogP contribution in [0.3, 0.4) is 0 Å². The Bertz CT molecular complexity index is 1040. The molecule has 0 aliphatic carbocycles. The largest absolute Gasteiger partial charge is 0.378 e. The second-order valence-corrected chi connectivity index (χ2v) is 11.5. The van der Waals surface area contributed by atoms with E-state index in [9.17, 15) is 8.42 Å². The zero-order valence-corrected chi connectivity index (χ0v) is 20.0. The highest BCUT2D eigenvalue weighted by Crippen LogP contribution is 2.35. The first-order valence-corrected chi connectivity index (χ1v) is 13.8. The average Bonchev–Trinajstić information content (AvgIpc) is 3.21. The van der Waals surface area contributed by atoms with Gasteiger partial charge in [0.25, 0.3) is 0 Å². The van der Waals surface area contributed by atoms with Crippen LogP contribution in [-0.2, 0) is 26.0 Å². The van der Waals surface area contributed by atoms with Gasteiger partial charge < -0.3 is 19.3 Å². The smallest absolute Gasteiger partial charge is 0.228 e. The van der Waals surface area contributed by atoms with Crippen molar-refractivity contribution in [3.63, 3.8) is 0 Å². The molecule has 2 aromatic heterocycles. The van der Waals surface area contributed by atoms with Gasteiger partial charge in [-0.2, -0.15) is 9.29 Å². The van der Waals surface area contributed by atoms with Gasteiger partial charge in [0, 0.05) is 63.8 Å². The molecular weight excluding hydrogens is 452 g/mol. The molecule has 5 rings (SSSR count). The van der Waals surface area contributed by atoms with Gasteiger partial charge in [-0.15, -0.1) is 11.3 Å². The maximum atomic E-state index is 11.8. The van der Waals surface area contributed by atoms with E-state index >= 15 is 0 Å². The van der Waals surface area contributed by atoms with Crippen LogP contribution in [-0.4, -0.2) is 113 Å². The lowest BCUT2D eigenvalue weighted by Gasteiger charge is -2.32. The third kappa shape index (κ3) is 4.85. The Morgan fingerprint density at radius 1 is 0.906 bits per heavy atom. The van der Waals surface area contributed by atoms with Crippen LogP contribution < -0.4 is 9.80 Å². The number of sulfonamides is 1. The summed E-state index contributed by atoms with van der Waals surface area (Å²) in [5, 5.41) is 0. The van der Waals surface area contributed by atoms with Gasteiger partial charge in [-0.25, -0.2) is 13.4 Å². The predicted octanol–water partition coefficient (Wildman–Crippen LogP) is 0.442. The lowest BCUT2D eigenvalue weighted by Crippen LogP contribution is -2.47. The minimum Gasteiger partial charge on any atom is -0.378 e. The van der Waals surface area contributed by atoms with Crippen molar-refractivity contribution in [3.05, 3.63) is 10.9 Å². The first-order valence-electron chi connectivity index (χ1n) is 11.1. The normalized spacial score (nSPS) is 22.0. The van der Waals surface area contributed by atoms with E-state index in [1.807, 2.05) is 0 Å². The van der Waals surface area contributed by atoms with Gasteiger partial charge in [0.2, 0.25) is 16.0 Å². The zero-order chi connectivity index (χ0) is 22.1. The molecule has 12 heteroatoms.